The van der Waals surface area contributed by atoms with Gasteiger partial charge >= 0.3 is 0 Å². The first-order valence-electron chi connectivity index (χ1n) is 14.5. The van der Waals surface area contributed by atoms with Gasteiger partial charge in [0.1, 0.15) is 17.5 Å². The first kappa shape index (κ1) is 31.4. The van der Waals surface area contributed by atoms with Crippen molar-refractivity contribution in [3.63, 3.8) is 0 Å². The largest absolute Gasteiger partial charge is 0.326 e. The summed E-state index contributed by atoms with van der Waals surface area (Å²) in [6.45, 7) is 2.74. The van der Waals surface area contributed by atoms with E-state index < -0.39 is 45.3 Å². The molecule has 0 spiro atoms. The van der Waals surface area contributed by atoms with Gasteiger partial charge in [-0.15, -0.1) is 0 Å². The molecule has 230 valence electrons. The molecule has 0 aliphatic carbocycles. The Bertz CT molecular complexity index is 1640. The molecule has 1 heterocycles. The standard InChI is InChI=1S/C34H34F3N3O3S/c1-23-21-38-22-28(40(23)44(42,43)29-6-3-2-4-7-29)18-19-30-32(37)8-5-9-33(30)39-34(41)20-31(24-10-14-26(35)15-11-24)25-12-16-27(36)17-13-25/h2-17,23,28,31,38H,18-22H2,1H3,(H,39,41). The predicted molar refractivity (Wildman–Crippen MR) is 164 cm³/mol. The lowest BCUT2D eigenvalue weighted by atomic mass is 9.88. The molecule has 1 aliphatic heterocycles. The summed E-state index contributed by atoms with van der Waals surface area (Å²) >= 11 is 0. The Morgan fingerprint density at radius 2 is 1.48 bits per heavy atom. The zero-order chi connectivity index (χ0) is 31.3. The molecule has 2 atom stereocenters. The van der Waals surface area contributed by atoms with E-state index in [4.69, 9.17) is 0 Å². The number of hydrogen-bond donors (Lipinski definition) is 2. The molecule has 1 fully saturated rings. The molecule has 1 aliphatic rings. The molecule has 0 saturated carbocycles. The third-order valence-electron chi connectivity index (χ3n) is 7.99. The van der Waals surface area contributed by atoms with Gasteiger partial charge in [0.15, 0.2) is 0 Å². The summed E-state index contributed by atoms with van der Waals surface area (Å²) in [5.74, 6) is -2.25. The number of halogens is 3. The molecular formula is C34H34F3N3O3S. The van der Waals surface area contributed by atoms with Gasteiger partial charge in [-0.1, -0.05) is 48.5 Å². The first-order chi connectivity index (χ1) is 21.1. The molecular weight excluding hydrogens is 587 g/mol. The monoisotopic (exact) mass is 621 g/mol. The fraction of sp³-hybridized carbons (Fsp3) is 0.265. The molecule has 0 radical (unpaired) electrons. The van der Waals surface area contributed by atoms with Crippen LogP contribution in [0.2, 0.25) is 0 Å². The van der Waals surface area contributed by atoms with Crippen LogP contribution in [0.1, 0.15) is 42.4 Å². The number of carbonyl (C=O) groups excluding carboxylic acids is 1. The van der Waals surface area contributed by atoms with Crippen molar-refractivity contribution in [2.45, 2.75) is 49.1 Å². The van der Waals surface area contributed by atoms with E-state index in [1.807, 2.05) is 6.92 Å². The van der Waals surface area contributed by atoms with Gasteiger partial charge < -0.3 is 10.6 Å². The Balaban J connectivity index is 1.35. The molecule has 2 unspecified atom stereocenters. The van der Waals surface area contributed by atoms with E-state index in [9.17, 15) is 22.0 Å². The van der Waals surface area contributed by atoms with Gasteiger partial charge in [0.25, 0.3) is 0 Å². The van der Waals surface area contributed by atoms with Crippen molar-refractivity contribution in [1.29, 1.82) is 0 Å². The van der Waals surface area contributed by atoms with Crippen LogP contribution in [0.25, 0.3) is 0 Å². The quantitative estimate of drug-likeness (QED) is 0.220. The van der Waals surface area contributed by atoms with Gasteiger partial charge in [0.05, 0.1) is 4.90 Å². The van der Waals surface area contributed by atoms with Crippen molar-refractivity contribution >= 4 is 21.6 Å². The van der Waals surface area contributed by atoms with Crippen LogP contribution >= 0.6 is 0 Å². The normalized spacial score (nSPS) is 17.5. The fourth-order valence-corrected chi connectivity index (χ4v) is 7.69. The minimum atomic E-state index is -3.79. The number of hydrogen-bond acceptors (Lipinski definition) is 4. The lowest BCUT2D eigenvalue weighted by molar-refractivity contribution is -0.116. The molecule has 4 aromatic carbocycles. The highest BCUT2D eigenvalue weighted by molar-refractivity contribution is 7.89. The van der Waals surface area contributed by atoms with E-state index in [2.05, 4.69) is 10.6 Å². The highest BCUT2D eigenvalue weighted by atomic mass is 32.2. The van der Waals surface area contributed by atoms with E-state index >= 15 is 4.39 Å². The van der Waals surface area contributed by atoms with Crippen LogP contribution in [0.15, 0.2) is 102 Å². The number of amides is 1. The second-order valence-electron chi connectivity index (χ2n) is 11.0. The topological polar surface area (TPSA) is 78.5 Å². The summed E-state index contributed by atoms with van der Waals surface area (Å²) in [5.41, 5.74) is 1.91. The maximum Gasteiger partial charge on any atom is 0.243 e. The third-order valence-corrected chi connectivity index (χ3v) is 10.1. The summed E-state index contributed by atoms with van der Waals surface area (Å²) in [7, 11) is -3.79. The lowest BCUT2D eigenvalue weighted by Gasteiger charge is -2.40. The van der Waals surface area contributed by atoms with E-state index in [1.165, 1.54) is 40.7 Å². The van der Waals surface area contributed by atoms with Crippen molar-refractivity contribution in [3.05, 3.63) is 131 Å². The lowest BCUT2D eigenvalue weighted by Crippen LogP contribution is -2.58. The van der Waals surface area contributed by atoms with Crippen molar-refractivity contribution in [2.24, 2.45) is 0 Å². The number of sulfonamides is 1. The molecule has 44 heavy (non-hydrogen) atoms. The first-order valence-corrected chi connectivity index (χ1v) is 15.9. The number of nitrogens with zero attached hydrogens (tertiary/aromatic N) is 1. The summed E-state index contributed by atoms with van der Waals surface area (Å²) in [4.78, 5) is 13.6. The van der Waals surface area contributed by atoms with Crippen molar-refractivity contribution in [2.75, 3.05) is 18.4 Å². The Morgan fingerprint density at radius 3 is 2.09 bits per heavy atom. The number of nitrogens with one attached hydrogen (secondary N) is 2. The van der Waals surface area contributed by atoms with Gasteiger partial charge in [-0.2, -0.15) is 4.31 Å². The van der Waals surface area contributed by atoms with E-state index in [0.29, 0.717) is 36.3 Å². The average molecular weight is 622 g/mol. The second-order valence-corrected chi connectivity index (χ2v) is 12.9. The van der Waals surface area contributed by atoms with Crippen LogP contribution in [0.5, 0.6) is 0 Å². The minimum absolute atomic E-state index is 0.0552. The molecule has 2 N–H and O–H groups in total. The third kappa shape index (κ3) is 7.20. The van der Waals surface area contributed by atoms with Crippen LogP contribution in [0.3, 0.4) is 0 Å². The number of anilines is 1. The highest BCUT2D eigenvalue weighted by Gasteiger charge is 2.37. The number of benzene rings is 4. The van der Waals surface area contributed by atoms with Crippen LogP contribution in [0.4, 0.5) is 18.9 Å². The van der Waals surface area contributed by atoms with Crippen LogP contribution < -0.4 is 10.6 Å². The molecule has 4 aromatic rings. The molecule has 5 rings (SSSR count). The maximum absolute atomic E-state index is 15.2. The van der Waals surface area contributed by atoms with Gasteiger partial charge in [-0.05, 0) is 79.4 Å². The van der Waals surface area contributed by atoms with Crippen molar-refractivity contribution in [3.8, 4) is 0 Å². The van der Waals surface area contributed by atoms with Crippen LogP contribution in [0, 0.1) is 17.5 Å². The van der Waals surface area contributed by atoms with E-state index in [1.54, 1.807) is 60.7 Å². The van der Waals surface area contributed by atoms with E-state index in [0.717, 1.165) is 0 Å². The fourth-order valence-electron chi connectivity index (χ4n) is 5.82. The molecule has 0 bridgehead atoms. The Kier molecular flexibility index (Phi) is 9.83. The highest BCUT2D eigenvalue weighted by Crippen LogP contribution is 2.31. The van der Waals surface area contributed by atoms with Gasteiger partial charge in [0.2, 0.25) is 15.9 Å². The van der Waals surface area contributed by atoms with Gasteiger partial charge in [-0.3, -0.25) is 4.79 Å². The SMILES string of the molecule is CC1CNCC(CCc2c(F)cccc2NC(=O)CC(c2ccc(F)cc2)c2ccc(F)cc2)N1S(=O)(=O)c1ccccc1. The van der Waals surface area contributed by atoms with Crippen LogP contribution in [-0.2, 0) is 21.2 Å². The average Bonchev–Trinajstić information content (AvgIpc) is 3.01. The van der Waals surface area contributed by atoms with Crippen LogP contribution in [-0.4, -0.2) is 43.8 Å². The number of carbonyl (C=O) groups is 1. The summed E-state index contributed by atoms with van der Waals surface area (Å²) in [6, 6.07) is 23.5. The molecule has 0 aromatic heterocycles. The summed E-state index contributed by atoms with van der Waals surface area (Å²) in [5, 5.41) is 6.11. The number of rotatable bonds is 10. The zero-order valence-corrected chi connectivity index (χ0v) is 25.0. The Morgan fingerprint density at radius 1 is 0.864 bits per heavy atom. The minimum Gasteiger partial charge on any atom is -0.326 e. The molecule has 1 amide bonds. The molecule has 1 saturated heterocycles. The molecule has 6 nitrogen and oxygen atoms in total. The maximum atomic E-state index is 15.2. The Hall–Kier alpha value is -3.99. The number of piperazine rings is 1. The second kappa shape index (κ2) is 13.8. The zero-order valence-electron chi connectivity index (χ0n) is 24.2. The Labute approximate surface area is 256 Å². The predicted octanol–water partition coefficient (Wildman–Crippen LogP) is 6.25. The van der Waals surface area contributed by atoms with E-state index in [-0.39, 0.29) is 29.3 Å². The van der Waals surface area contributed by atoms with Crippen molar-refractivity contribution in [1.82, 2.24) is 9.62 Å². The molecule has 10 heteroatoms. The summed E-state index contributed by atoms with van der Waals surface area (Å²) in [6.07, 6.45) is 0.447. The van der Waals surface area contributed by atoms with Gasteiger partial charge in [0, 0.05) is 48.8 Å². The van der Waals surface area contributed by atoms with Gasteiger partial charge in [-0.25, -0.2) is 21.6 Å². The summed E-state index contributed by atoms with van der Waals surface area (Å²) < 4.78 is 71.2. The van der Waals surface area contributed by atoms with Crippen molar-refractivity contribution < 1.29 is 26.4 Å². The smallest absolute Gasteiger partial charge is 0.243 e.